The number of nitrogens with zero attached hydrogens (tertiary/aromatic N) is 1. The second-order valence-electron chi connectivity index (χ2n) is 3.68. The molecule has 0 saturated carbocycles. The fourth-order valence-electron chi connectivity index (χ4n) is 1.54. The van der Waals surface area contributed by atoms with Gasteiger partial charge in [-0.2, -0.15) is 0 Å². The first-order valence-electron chi connectivity index (χ1n) is 5.17. The molecular formula is C12H8BrNO4S. The molecule has 0 radical (unpaired) electrons. The number of halogens is 1. The Labute approximate surface area is 118 Å². The molecule has 2 rings (SSSR count). The summed E-state index contributed by atoms with van der Waals surface area (Å²) in [7, 11) is -3.68. The van der Waals surface area contributed by atoms with Gasteiger partial charge in [0.2, 0.25) is 9.84 Å². The van der Waals surface area contributed by atoms with Crippen molar-refractivity contribution in [2.75, 3.05) is 0 Å². The zero-order chi connectivity index (χ0) is 14.0. The van der Waals surface area contributed by atoms with Crippen molar-refractivity contribution in [2.24, 2.45) is 0 Å². The number of sulfone groups is 1. The van der Waals surface area contributed by atoms with Gasteiger partial charge in [0, 0.05) is 16.6 Å². The summed E-state index contributed by atoms with van der Waals surface area (Å²) in [4.78, 5) is 10.1. The lowest BCUT2D eigenvalue weighted by Crippen LogP contribution is -2.03. The SMILES string of the molecule is O=[N+]([O-])c1ccc(S(=O)(=O)c2ccccc2Br)cc1. The van der Waals surface area contributed by atoms with E-state index in [0.717, 1.165) is 0 Å². The molecule has 0 saturated heterocycles. The lowest BCUT2D eigenvalue weighted by molar-refractivity contribution is -0.384. The lowest BCUT2D eigenvalue weighted by atomic mass is 10.3. The van der Waals surface area contributed by atoms with Crippen molar-refractivity contribution in [3.63, 3.8) is 0 Å². The number of non-ortho nitro benzene ring substituents is 1. The molecule has 0 aliphatic carbocycles. The van der Waals surface area contributed by atoms with E-state index in [1.165, 1.54) is 30.3 Å². The Morgan fingerprint density at radius 1 is 1.00 bits per heavy atom. The predicted octanol–water partition coefficient (Wildman–Crippen LogP) is 3.19. The van der Waals surface area contributed by atoms with E-state index in [1.54, 1.807) is 18.2 Å². The van der Waals surface area contributed by atoms with E-state index in [4.69, 9.17) is 0 Å². The van der Waals surface area contributed by atoms with Crippen LogP contribution in [0.4, 0.5) is 5.69 Å². The third-order valence-corrected chi connectivity index (χ3v) is 5.27. The van der Waals surface area contributed by atoms with E-state index < -0.39 is 14.8 Å². The molecule has 0 fully saturated rings. The molecule has 0 heterocycles. The first-order chi connectivity index (χ1) is 8.93. The Morgan fingerprint density at radius 2 is 1.58 bits per heavy atom. The number of nitro groups is 1. The lowest BCUT2D eigenvalue weighted by Gasteiger charge is -2.06. The van der Waals surface area contributed by atoms with E-state index in [-0.39, 0.29) is 15.5 Å². The summed E-state index contributed by atoms with van der Waals surface area (Å²) in [5.74, 6) is 0. The van der Waals surface area contributed by atoms with E-state index in [1.807, 2.05) is 0 Å². The minimum atomic E-state index is -3.68. The van der Waals surface area contributed by atoms with Crippen LogP contribution in [-0.2, 0) is 9.84 Å². The van der Waals surface area contributed by atoms with Gasteiger partial charge >= 0.3 is 0 Å². The predicted molar refractivity (Wildman–Crippen MR) is 72.7 cm³/mol. The quantitative estimate of drug-likeness (QED) is 0.634. The average molecular weight is 342 g/mol. The third-order valence-electron chi connectivity index (χ3n) is 2.48. The topological polar surface area (TPSA) is 77.3 Å². The van der Waals surface area contributed by atoms with Crippen molar-refractivity contribution in [3.8, 4) is 0 Å². The molecule has 2 aromatic carbocycles. The summed E-state index contributed by atoms with van der Waals surface area (Å²) < 4.78 is 25.1. The molecule has 5 nitrogen and oxygen atoms in total. The Balaban J connectivity index is 2.52. The molecule has 0 aromatic heterocycles. The summed E-state index contributed by atoms with van der Waals surface area (Å²) in [6.07, 6.45) is 0. The van der Waals surface area contributed by atoms with Crippen molar-refractivity contribution >= 4 is 31.5 Å². The smallest absolute Gasteiger partial charge is 0.258 e. The first-order valence-corrected chi connectivity index (χ1v) is 7.44. The number of nitro benzene ring substituents is 1. The van der Waals surface area contributed by atoms with Crippen LogP contribution < -0.4 is 0 Å². The van der Waals surface area contributed by atoms with Crippen molar-refractivity contribution in [1.29, 1.82) is 0 Å². The van der Waals surface area contributed by atoms with Crippen LogP contribution in [0.3, 0.4) is 0 Å². The van der Waals surface area contributed by atoms with Crippen molar-refractivity contribution < 1.29 is 13.3 Å². The minimum Gasteiger partial charge on any atom is -0.258 e. The van der Waals surface area contributed by atoms with E-state index in [2.05, 4.69) is 15.9 Å². The third kappa shape index (κ3) is 2.66. The van der Waals surface area contributed by atoms with Gasteiger partial charge in [0.25, 0.3) is 5.69 Å². The van der Waals surface area contributed by atoms with Gasteiger partial charge < -0.3 is 0 Å². The molecule has 98 valence electrons. The Bertz CT molecular complexity index is 726. The van der Waals surface area contributed by atoms with Crippen LogP contribution in [-0.4, -0.2) is 13.3 Å². The Kier molecular flexibility index (Phi) is 3.68. The van der Waals surface area contributed by atoms with Crippen LogP contribution >= 0.6 is 15.9 Å². The number of hydrogen-bond donors (Lipinski definition) is 0. The fraction of sp³-hybridized carbons (Fsp3) is 0. The summed E-state index contributed by atoms with van der Waals surface area (Å²) in [6, 6.07) is 11.2. The van der Waals surface area contributed by atoms with Crippen LogP contribution in [0, 0.1) is 10.1 Å². The minimum absolute atomic E-state index is 0.0185. The van der Waals surface area contributed by atoms with Crippen LogP contribution in [0.5, 0.6) is 0 Å². The highest BCUT2D eigenvalue weighted by molar-refractivity contribution is 9.10. The van der Waals surface area contributed by atoms with Gasteiger partial charge in [-0.3, -0.25) is 10.1 Å². The molecule has 0 aliphatic heterocycles. The second kappa shape index (κ2) is 5.10. The maximum absolute atomic E-state index is 12.3. The van der Waals surface area contributed by atoms with Gasteiger partial charge in [-0.15, -0.1) is 0 Å². The second-order valence-corrected chi connectivity index (χ2v) is 6.46. The maximum atomic E-state index is 12.3. The van der Waals surface area contributed by atoms with Gasteiger partial charge in [0.05, 0.1) is 14.7 Å². The maximum Gasteiger partial charge on any atom is 0.269 e. The molecule has 0 aliphatic rings. The molecular weight excluding hydrogens is 334 g/mol. The van der Waals surface area contributed by atoms with Gasteiger partial charge in [0.1, 0.15) is 0 Å². The van der Waals surface area contributed by atoms with E-state index >= 15 is 0 Å². The van der Waals surface area contributed by atoms with Gasteiger partial charge in [-0.1, -0.05) is 12.1 Å². The largest absolute Gasteiger partial charge is 0.269 e. The van der Waals surface area contributed by atoms with Crippen LogP contribution in [0.1, 0.15) is 0 Å². The Morgan fingerprint density at radius 3 is 2.11 bits per heavy atom. The molecule has 0 unspecified atom stereocenters. The normalized spacial score (nSPS) is 11.2. The molecule has 0 spiro atoms. The van der Waals surface area contributed by atoms with E-state index in [0.29, 0.717) is 4.47 Å². The summed E-state index contributed by atoms with van der Waals surface area (Å²) in [5.41, 5.74) is -0.147. The fourth-order valence-corrected chi connectivity index (χ4v) is 3.79. The zero-order valence-electron chi connectivity index (χ0n) is 9.49. The summed E-state index contributed by atoms with van der Waals surface area (Å²) in [5, 5.41) is 10.5. The van der Waals surface area contributed by atoms with Crippen LogP contribution in [0.15, 0.2) is 62.8 Å². The first kappa shape index (κ1) is 13.7. The van der Waals surface area contributed by atoms with E-state index in [9.17, 15) is 18.5 Å². The molecule has 0 bridgehead atoms. The molecule has 0 atom stereocenters. The molecule has 2 aromatic rings. The average Bonchev–Trinajstić information content (AvgIpc) is 2.39. The van der Waals surface area contributed by atoms with Crippen LogP contribution in [0.2, 0.25) is 0 Å². The van der Waals surface area contributed by atoms with Gasteiger partial charge in [-0.05, 0) is 40.2 Å². The van der Waals surface area contributed by atoms with Gasteiger partial charge in [0.15, 0.2) is 0 Å². The highest BCUT2D eigenvalue weighted by atomic mass is 79.9. The number of benzene rings is 2. The van der Waals surface area contributed by atoms with Gasteiger partial charge in [-0.25, -0.2) is 8.42 Å². The highest BCUT2D eigenvalue weighted by Crippen LogP contribution is 2.28. The molecule has 0 N–H and O–H groups in total. The zero-order valence-corrected chi connectivity index (χ0v) is 11.9. The number of rotatable bonds is 3. The van der Waals surface area contributed by atoms with Crippen molar-refractivity contribution in [1.82, 2.24) is 0 Å². The highest BCUT2D eigenvalue weighted by Gasteiger charge is 2.20. The Hall–Kier alpha value is -1.73. The number of hydrogen-bond acceptors (Lipinski definition) is 4. The summed E-state index contributed by atoms with van der Waals surface area (Å²) >= 11 is 3.18. The van der Waals surface area contributed by atoms with Crippen molar-refractivity contribution in [2.45, 2.75) is 9.79 Å². The summed E-state index contributed by atoms with van der Waals surface area (Å²) in [6.45, 7) is 0. The molecule has 0 amide bonds. The molecule has 7 heteroatoms. The van der Waals surface area contributed by atoms with Crippen LogP contribution in [0.25, 0.3) is 0 Å². The van der Waals surface area contributed by atoms with Crippen molar-refractivity contribution in [3.05, 3.63) is 63.1 Å². The monoisotopic (exact) mass is 341 g/mol. The molecule has 19 heavy (non-hydrogen) atoms. The standard InChI is InChI=1S/C12H8BrNO4S/c13-11-3-1-2-4-12(11)19(17,18)10-7-5-9(6-8-10)14(15)16/h1-8H.